The molecular formula is C110H66N6S2. The molecule has 6 aromatic heterocycles. The molecule has 6 heterocycles. The van der Waals surface area contributed by atoms with Crippen molar-refractivity contribution < 1.29 is 0 Å². The molecule has 548 valence electrons. The molecule has 118 heavy (non-hydrogen) atoms. The number of rotatable bonds is 10. The molecule has 24 rings (SSSR count). The lowest BCUT2D eigenvalue weighted by molar-refractivity contribution is 1.18. The van der Waals surface area contributed by atoms with Gasteiger partial charge in [0.1, 0.15) is 0 Å². The lowest BCUT2D eigenvalue weighted by Gasteiger charge is -2.13. The fourth-order valence-electron chi connectivity index (χ4n) is 17.6. The van der Waals surface area contributed by atoms with Gasteiger partial charge in [0.25, 0.3) is 0 Å². The molecule has 0 fully saturated rings. The summed E-state index contributed by atoms with van der Waals surface area (Å²) in [5.74, 6) is 1.40. The Bertz CT molecular complexity index is 8020. The Hall–Kier alpha value is -15.1. The summed E-state index contributed by atoms with van der Waals surface area (Å²) in [7, 11) is 0. The number of pyridine rings is 2. The summed E-state index contributed by atoms with van der Waals surface area (Å²) in [4.78, 5) is 31.5. The van der Waals surface area contributed by atoms with Crippen molar-refractivity contribution in [3.63, 3.8) is 0 Å². The highest BCUT2D eigenvalue weighted by molar-refractivity contribution is 7.27. The fraction of sp³-hybridized carbons (Fsp3) is 0. The molecule has 0 aliphatic heterocycles. The molecule has 0 unspecified atom stereocenters. The zero-order valence-corrected chi connectivity index (χ0v) is 65.2. The van der Waals surface area contributed by atoms with Gasteiger partial charge >= 0.3 is 0 Å². The van der Waals surface area contributed by atoms with Crippen LogP contribution in [0.1, 0.15) is 0 Å². The summed E-state index contributed by atoms with van der Waals surface area (Å²) in [6.45, 7) is 0. The Kier molecular flexibility index (Phi) is 16.5. The van der Waals surface area contributed by atoms with Gasteiger partial charge in [-0.1, -0.05) is 340 Å². The van der Waals surface area contributed by atoms with Crippen LogP contribution in [-0.2, 0) is 0 Å². The standard InChI is InChI=1S/2C55H33N3S/c1-3-13-35(14-4-1)49-33-50(36-15-5-2-6-16-36)58-55(57-49)37-25-23-34(24-26-37)38-28-30-48-47(31-38)54-52(45-21-11-12-22-51(45)59-54)53(56-48)39-27-29-44-42-19-8-7-17-40(42)41-18-9-10-20-43(41)46(44)32-39;1-3-13-34(14-4-1)35-23-25-36(26-24-35)49-33-50(58-55(57-49)37-15-5-2-6-16-37)38-28-30-48-47(31-38)54-52(45-21-11-12-22-51(45)59-54)53(56-48)39-27-29-44-42-19-8-7-17-40(42)41-18-9-10-20-43(41)46(44)32-39/h2*1-33H. The highest BCUT2D eigenvalue weighted by Crippen LogP contribution is 2.49. The smallest absolute Gasteiger partial charge is 0.160 e. The Balaban J connectivity index is 0.000000138. The molecule has 0 bridgehead atoms. The van der Waals surface area contributed by atoms with Crippen LogP contribution in [0.15, 0.2) is 400 Å². The van der Waals surface area contributed by atoms with E-state index in [-0.39, 0.29) is 0 Å². The van der Waals surface area contributed by atoms with E-state index in [0.717, 1.165) is 112 Å². The van der Waals surface area contributed by atoms with E-state index in [1.165, 1.54) is 116 Å². The van der Waals surface area contributed by atoms with E-state index in [2.05, 4.69) is 340 Å². The van der Waals surface area contributed by atoms with E-state index >= 15 is 0 Å². The summed E-state index contributed by atoms with van der Waals surface area (Å²) in [6, 6.07) is 143. The molecule has 0 amide bonds. The maximum atomic E-state index is 5.52. The minimum Gasteiger partial charge on any atom is -0.247 e. The van der Waals surface area contributed by atoms with Crippen molar-refractivity contribution >= 4 is 149 Å². The highest BCUT2D eigenvalue weighted by Gasteiger charge is 2.23. The molecule has 6 nitrogen and oxygen atoms in total. The maximum absolute atomic E-state index is 5.52. The van der Waals surface area contributed by atoms with Crippen LogP contribution in [-0.4, -0.2) is 29.9 Å². The zero-order chi connectivity index (χ0) is 77.7. The number of nitrogens with zero attached hydrogens (tertiary/aromatic N) is 6. The lowest BCUT2D eigenvalue weighted by Crippen LogP contribution is -1.96. The average Bonchev–Trinajstić information content (AvgIpc) is 1.42. The molecule has 0 saturated heterocycles. The molecule has 0 atom stereocenters. The minimum atomic E-state index is 0.697. The van der Waals surface area contributed by atoms with Gasteiger partial charge in [-0.25, -0.2) is 29.9 Å². The van der Waals surface area contributed by atoms with Crippen molar-refractivity contribution in [2.75, 3.05) is 0 Å². The molecular weight excluding hydrogens is 1470 g/mol. The summed E-state index contributed by atoms with van der Waals surface area (Å²) in [5, 5.41) is 22.3. The number of benzene rings is 18. The highest BCUT2D eigenvalue weighted by atomic mass is 32.1. The van der Waals surface area contributed by atoms with Gasteiger partial charge in [-0.05, 0) is 148 Å². The first-order valence-corrected chi connectivity index (χ1v) is 41.5. The van der Waals surface area contributed by atoms with Gasteiger partial charge in [0.05, 0.1) is 45.2 Å². The summed E-state index contributed by atoms with van der Waals surface area (Å²) >= 11 is 3.69. The van der Waals surface area contributed by atoms with Gasteiger partial charge in [0.15, 0.2) is 11.6 Å². The van der Waals surface area contributed by atoms with Crippen molar-refractivity contribution in [2.45, 2.75) is 0 Å². The van der Waals surface area contributed by atoms with Crippen LogP contribution in [0, 0.1) is 0 Å². The van der Waals surface area contributed by atoms with Gasteiger partial charge in [-0.15, -0.1) is 22.7 Å². The van der Waals surface area contributed by atoms with Crippen LogP contribution in [0.4, 0.5) is 0 Å². The fourth-order valence-corrected chi connectivity index (χ4v) is 20.1. The monoisotopic (exact) mass is 1530 g/mol. The molecule has 0 aliphatic rings. The Morgan fingerprint density at radius 2 is 0.407 bits per heavy atom. The van der Waals surface area contributed by atoms with E-state index < -0.39 is 0 Å². The molecule has 8 heteroatoms. The number of hydrogen-bond acceptors (Lipinski definition) is 8. The Morgan fingerprint density at radius 1 is 0.153 bits per heavy atom. The van der Waals surface area contributed by atoms with Crippen LogP contribution in [0.2, 0.25) is 0 Å². The second-order valence-electron chi connectivity index (χ2n) is 30.2. The minimum absolute atomic E-state index is 0.697. The molecule has 24 aromatic rings. The first-order valence-electron chi connectivity index (χ1n) is 39.9. The average molecular weight is 1540 g/mol. The topological polar surface area (TPSA) is 77.3 Å². The summed E-state index contributed by atoms with van der Waals surface area (Å²) < 4.78 is 4.99. The second-order valence-corrected chi connectivity index (χ2v) is 32.3. The summed E-state index contributed by atoms with van der Waals surface area (Å²) in [5.41, 5.74) is 20.5. The van der Waals surface area contributed by atoms with Crippen LogP contribution < -0.4 is 0 Å². The predicted molar refractivity (Wildman–Crippen MR) is 500 cm³/mol. The van der Waals surface area contributed by atoms with Crippen molar-refractivity contribution in [1.29, 1.82) is 0 Å². The van der Waals surface area contributed by atoms with E-state index in [1.54, 1.807) is 0 Å². The van der Waals surface area contributed by atoms with Gasteiger partial charge in [0, 0.05) is 95.6 Å². The van der Waals surface area contributed by atoms with E-state index in [4.69, 9.17) is 29.9 Å². The van der Waals surface area contributed by atoms with Gasteiger partial charge in [0.2, 0.25) is 0 Å². The SMILES string of the molecule is c1ccc(-c2cc(-c3ccccc3)nc(-c3ccc(-c4ccc5nc(-c6ccc7c8ccccc8c8ccccc8c7c6)c6c7ccccc7sc6c5c4)cc3)n2)cc1.c1ccc(-c2ccc(-c3cc(-c4ccc5nc(-c6ccc7c8ccccc8c8ccccc8c7c6)c6c7ccccc7sc6c5c4)nc(-c4ccccc4)n3)cc2)cc1. The van der Waals surface area contributed by atoms with Crippen LogP contribution in [0.25, 0.3) is 239 Å². The third kappa shape index (κ3) is 11.9. The van der Waals surface area contributed by atoms with Crippen molar-refractivity contribution in [1.82, 2.24) is 29.9 Å². The molecule has 0 radical (unpaired) electrons. The van der Waals surface area contributed by atoms with Crippen molar-refractivity contribution in [3.8, 4) is 113 Å². The quantitative estimate of drug-likeness (QED) is 0.127. The molecule has 0 spiro atoms. The second kappa shape index (κ2) is 28.5. The first-order chi connectivity index (χ1) is 58.5. The maximum Gasteiger partial charge on any atom is 0.160 e. The number of hydrogen-bond donors (Lipinski definition) is 0. The van der Waals surface area contributed by atoms with E-state index in [0.29, 0.717) is 11.6 Å². The van der Waals surface area contributed by atoms with Crippen LogP contribution >= 0.6 is 22.7 Å². The first kappa shape index (κ1) is 68.5. The van der Waals surface area contributed by atoms with E-state index in [9.17, 15) is 0 Å². The predicted octanol–water partition coefficient (Wildman–Crippen LogP) is 30.4. The van der Waals surface area contributed by atoms with Crippen molar-refractivity contribution in [2.24, 2.45) is 0 Å². The lowest BCUT2D eigenvalue weighted by atomic mass is 9.92. The molecule has 0 saturated carbocycles. The zero-order valence-electron chi connectivity index (χ0n) is 63.6. The van der Waals surface area contributed by atoms with Gasteiger partial charge in [-0.2, -0.15) is 0 Å². The van der Waals surface area contributed by atoms with Gasteiger partial charge in [-0.3, -0.25) is 0 Å². The molecule has 0 N–H and O–H groups in total. The number of aromatic nitrogens is 6. The summed E-state index contributed by atoms with van der Waals surface area (Å²) in [6.07, 6.45) is 0. The third-order valence-corrected chi connectivity index (χ3v) is 25.7. The van der Waals surface area contributed by atoms with Crippen LogP contribution in [0.5, 0.6) is 0 Å². The largest absolute Gasteiger partial charge is 0.247 e. The Morgan fingerprint density at radius 3 is 0.822 bits per heavy atom. The number of thiophene rings is 2. The third-order valence-electron chi connectivity index (χ3n) is 23.3. The van der Waals surface area contributed by atoms with E-state index in [1.807, 2.05) is 83.3 Å². The van der Waals surface area contributed by atoms with Crippen LogP contribution in [0.3, 0.4) is 0 Å². The normalized spacial score (nSPS) is 11.7. The van der Waals surface area contributed by atoms with Gasteiger partial charge < -0.3 is 0 Å². The Labute approximate surface area is 687 Å². The molecule has 18 aromatic carbocycles. The molecule has 0 aliphatic carbocycles. The van der Waals surface area contributed by atoms with Crippen molar-refractivity contribution in [3.05, 3.63) is 400 Å². The number of fused-ring (bicyclic) bond motifs is 22.